The molecular formula is C14H20ClN2O3S. The molecule has 0 aromatic heterocycles. The summed E-state index contributed by atoms with van der Waals surface area (Å²) < 4.78 is 32.0. The van der Waals surface area contributed by atoms with Crippen molar-refractivity contribution in [2.45, 2.75) is 11.8 Å². The normalized spacial score (nSPS) is 17.3. The summed E-state index contributed by atoms with van der Waals surface area (Å²) in [7, 11) is -3.57. The van der Waals surface area contributed by atoms with Crippen LogP contribution in [0.4, 0.5) is 0 Å². The van der Waals surface area contributed by atoms with Crippen LogP contribution in [0.1, 0.15) is 6.92 Å². The third-order valence-corrected chi connectivity index (χ3v) is 5.97. The lowest BCUT2D eigenvalue weighted by atomic mass is 10.4. The summed E-state index contributed by atoms with van der Waals surface area (Å²) in [5.74, 6) is 0. The largest absolute Gasteiger partial charge is 0.379 e. The highest BCUT2D eigenvalue weighted by Gasteiger charge is 2.25. The molecule has 5 nitrogen and oxygen atoms in total. The van der Waals surface area contributed by atoms with E-state index >= 15 is 0 Å². The molecule has 0 aliphatic carbocycles. The number of nitrogens with zero attached hydrogens (tertiary/aromatic N) is 2. The zero-order valence-electron chi connectivity index (χ0n) is 12.1. The zero-order chi connectivity index (χ0) is 15.3. The molecule has 0 atom stereocenters. The number of hydrogen-bond donors (Lipinski definition) is 0. The van der Waals surface area contributed by atoms with Crippen molar-refractivity contribution >= 4 is 21.6 Å². The summed E-state index contributed by atoms with van der Waals surface area (Å²) in [4.78, 5) is 2.33. The molecule has 1 fully saturated rings. The number of morpholine rings is 1. The minimum atomic E-state index is -3.57. The highest BCUT2D eigenvalue weighted by Crippen LogP contribution is 2.23. The molecule has 0 bridgehead atoms. The first-order valence-electron chi connectivity index (χ1n) is 7.01. The topological polar surface area (TPSA) is 49.9 Å². The van der Waals surface area contributed by atoms with Gasteiger partial charge in [0.2, 0.25) is 10.0 Å². The van der Waals surface area contributed by atoms with Gasteiger partial charge in [-0.25, -0.2) is 8.42 Å². The minimum Gasteiger partial charge on any atom is -0.379 e. The lowest BCUT2D eigenvalue weighted by Crippen LogP contribution is -2.43. The second kappa shape index (κ2) is 7.56. The number of halogens is 1. The van der Waals surface area contributed by atoms with Crippen molar-refractivity contribution in [2.24, 2.45) is 0 Å². The van der Waals surface area contributed by atoms with Gasteiger partial charge in [0.25, 0.3) is 0 Å². The van der Waals surface area contributed by atoms with Gasteiger partial charge < -0.3 is 4.74 Å². The van der Waals surface area contributed by atoms with Crippen LogP contribution in [0.3, 0.4) is 0 Å². The van der Waals surface area contributed by atoms with Gasteiger partial charge in [0, 0.05) is 32.7 Å². The maximum Gasteiger partial charge on any atom is 0.244 e. The molecule has 7 heteroatoms. The smallest absolute Gasteiger partial charge is 0.244 e. The van der Waals surface area contributed by atoms with E-state index in [1.807, 2.05) is 6.92 Å². The molecule has 0 spiro atoms. The molecule has 2 rings (SSSR count). The quantitative estimate of drug-likeness (QED) is 0.792. The van der Waals surface area contributed by atoms with Crippen molar-refractivity contribution < 1.29 is 13.2 Å². The van der Waals surface area contributed by atoms with E-state index in [-0.39, 0.29) is 9.92 Å². The van der Waals surface area contributed by atoms with E-state index in [0.29, 0.717) is 32.8 Å². The predicted octanol–water partition coefficient (Wildman–Crippen LogP) is 1.48. The van der Waals surface area contributed by atoms with Crippen LogP contribution in [0.15, 0.2) is 23.1 Å². The van der Waals surface area contributed by atoms with Crippen LogP contribution in [-0.4, -0.2) is 63.6 Å². The van der Waals surface area contributed by atoms with Gasteiger partial charge in [-0.15, -0.1) is 0 Å². The van der Waals surface area contributed by atoms with E-state index < -0.39 is 10.0 Å². The van der Waals surface area contributed by atoms with Gasteiger partial charge in [0.15, 0.2) is 0 Å². The number of sulfonamides is 1. The number of rotatable bonds is 6. The molecule has 1 aliphatic rings. The monoisotopic (exact) mass is 331 g/mol. The van der Waals surface area contributed by atoms with E-state index in [0.717, 1.165) is 13.1 Å². The number of hydrogen-bond acceptors (Lipinski definition) is 4. The lowest BCUT2D eigenvalue weighted by molar-refractivity contribution is 0.0364. The first-order valence-corrected chi connectivity index (χ1v) is 8.83. The summed E-state index contributed by atoms with van der Waals surface area (Å²) >= 11 is 6.01. The van der Waals surface area contributed by atoms with Gasteiger partial charge in [-0.1, -0.05) is 24.6 Å². The number of ether oxygens (including phenoxy) is 1. The molecule has 117 valence electrons. The Kier molecular flexibility index (Phi) is 6.01. The third-order valence-electron chi connectivity index (χ3n) is 3.52. The molecular weight excluding hydrogens is 312 g/mol. The average Bonchev–Trinajstić information content (AvgIpc) is 2.49. The van der Waals surface area contributed by atoms with Gasteiger partial charge in [0.05, 0.1) is 18.2 Å². The summed E-state index contributed by atoms with van der Waals surface area (Å²) in [6.45, 7) is 6.50. The Morgan fingerprint density at radius 2 is 2.14 bits per heavy atom. The Morgan fingerprint density at radius 1 is 1.43 bits per heavy atom. The fraction of sp³-hybridized carbons (Fsp3) is 0.571. The van der Waals surface area contributed by atoms with Crippen LogP contribution >= 0.6 is 11.6 Å². The van der Waals surface area contributed by atoms with Crippen molar-refractivity contribution in [2.75, 3.05) is 45.9 Å². The Bertz CT molecular complexity index is 559. The predicted molar refractivity (Wildman–Crippen MR) is 82.0 cm³/mol. The molecule has 1 saturated heterocycles. The zero-order valence-corrected chi connectivity index (χ0v) is 13.7. The highest BCUT2D eigenvalue weighted by molar-refractivity contribution is 7.89. The second-order valence-corrected chi connectivity index (χ2v) is 7.12. The van der Waals surface area contributed by atoms with E-state index in [1.165, 1.54) is 10.4 Å². The molecule has 1 aromatic carbocycles. The van der Waals surface area contributed by atoms with E-state index in [2.05, 4.69) is 11.0 Å². The average molecular weight is 332 g/mol. The van der Waals surface area contributed by atoms with E-state index in [9.17, 15) is 8.42 Å². The summed E-state index contributed by atoms with van der Waals surface area (Å²) in [5, 5.41) is 0.235. The SMILES string of the molecule is CCN(CCN1CCOCC1)S(=O)(=O)c1c[c]ccc1Cl. The molecule has 0 amide bonds. The van der Waals surface area contributed by atoms with Crippen LogP contribution < -0.4 is 0 Å². The van der Waals surface area contributed by atoms with Gasteiger partial charge in [0.1, 0.15) is 4.90 Å². The van der Waals surface area contributed by atoms with Crippen molar-refractivity contribution in [3.05, 3.63) is 29.3 Å². The first-order chi connectivity index (χ1) is 10.1. The van der Waals surface area contributed by atoms with Crippen molar-refractivity contribution in [3.8, 4) is 0 Å². The molecule has 1 radical (unpaired) electrons. The van der Waals surface area contributed by atoms with E-state index in [1.54, 1.807) is 12.1 Å². The molecule has 1 heterocycles. The molecule has 1 aromatic rings. The van der Waals surface area contributed by atoms with Crippen LogP contribution in [0, 0.1) is 6.07 Å². The summed E-state index contributed by atoms with van der Waals surface area (Å²) in [6, 6.07) is 7.35. The fourth-order valence-electron chi connectivity index (χ4n) is 2.26. The summed E-state index contributed by atoms with van der Waals surface area (Å²) in [6.07, 6.45) is 0. The van der Waals surface area contributed by atoms with Crippen molar-refractivity contribution in [3.63, 3.8) is 0 Å². The van der Waals surface area contributed by atoms with E-state index in [4.69, 9.17) is 16.3 Å². The van der Waals surface area contributed by atoms with Crippen LogP contribution in [0.2, 0.25) is 5.02 Å². The van der Waals surface area contributed by atoms with Gasteiger partial charge >= 0.3 is 0 Å². The maximum atomic E-state index is 12.6. The number of likely N-dealkylation sites (N-methyl/N-ethyl adjacent to an activating group) is 1. The fourth-order valence-corrected chi connectivity index (χ4v) is 4.14. The van der Waals surface area contributed by atoms with Crippen molar-refractivity contribution in [1.29, 1.82) is 0 Å². The standard InChI is InChI=1S/C14H20ClN2O3S/c1-2-17(8-7-16-9-11-20-12-10-16)21(18,19)14-6-4-3-5-13(14)15/h3,5-6H,2,7-12H2,1H3. The molecule has 0 N–H and O–H groups in total. The summed E-state index contributed by atoms with van der Waals surface area (Å²) in [5.41, 5.74) is 0. The number of benzene rings is 1. The Labute approximate surface area is 131 Å². The second-order valence-electron chi connectivity index (χ2n) is 4.81. The molecule has 0 saturated carbocycles. The lowest BCUT2D eigenvalue weighted by Gasteiger charge is -2.29. The van der Waals surface area contributed by atoms with Crippen LogP contribution in [0.5, 0.6) is 0 Å². The maximum absolute atomic E-state index is 12.6. The Balaban J connectivity index is 2.07. The van der Waals surface area contributed by atoms with Gasteiger partial charge in [-0.2, -0.15) is 4.31 Å². The van der Waals surface area contributed by atoms with Crippen LogP contribution in [0.25, 0.3) is 0 Å². The Hall–Kier alpha value is -0.660. The first kappa shape index (κ1) is 16.7. The highest BCUT2D eigenvalue weighted by atomic mass is 35.5. The Morgan fingerprint density at radius 3 is 2.76 bits per heavy atom. The minimum absolute atomic E-state index is 0.121. The van der Waals surface area contributed by atoms with Gasteiger partial charge in [-0.05, 0) is 18.2 Å². The third kappa shape index (κ3) is 4.17. The molecule has 1 aliphatic heterocycles. The van der Waals surface area contributed by atoms with Gasteiger partial charge in [-0.3, -0.25) is 4.90 Å². The molecule has 0 unspecified atom stereocenters. The van der Waals surface area contributed by atoms with Crippen molar-refractivity contribution in [1.82, 2.24) is 9.21 Å². The van der Waals surface area contributed by atoms with Crippen LogP contribution in [-0.2, 0) is 14.8 Å². The molecule has 21 heavy (non-hydrogen) atoms.